The third kappa shape index (κ3) is 3.85. The molecule has 1 aliphatic rings. The van der Waals surface area contributed by atoms with Gasteiger partial charge >= 0.3 is 0 Å². The lowest BCUT2D eigenvalue weighted by Crippen LogP contribution is -2.41. The smallest absolute Gasteiger partial charge is 0.264 e. The van der Waals surface area contributed by atoms with Crippen LogP contribution in [-0.4, -0.2) is 16.8 Å². The van der Waals surface area contributed by atoms with E-state index in [1.807, 2.05) is 65.8 Å². The number of hydrogen-bond donors (Lipinski definition) is 1. The number of ketones is 1. The largest absolute Gasteiger partial charge is 0.375 e. The Labute approximate surface area is 206 Å². The van der Waals surface area contributed by atoms with Gasteiger partial charge in [0.2, 0.25) is 0 Å². The summed E-state index contributed by atoms with van der Waals surface area (Å²) in [6, 6.07) is 12.9. The van der Waals surface area contributed by atoms with Crippen LogP contribution >= 0.6 is 11.6 Å². The van der Waals surface area contributed by atoms with E-state index >= 15 is 0 Å². The van der Waals surface area contributed by atoms with Crippen LogP contribution < -0.4 is 4.90 Å². The molecular weight excluding hydrogens is 446 g/mol. The van der Waals surface area contributed by atoms with Gasteiger partial charge in [-0.3, -0.25) is 9.59 Å². The first-order chi connectivity index (χ1) is 16.0. The van der Waals surface area contributed by atoms with Gasteiger partial charge in [-0.25, -0.2) is 0 Å². The van der Waals surface area contributed by atoms with Gasteiger partial charge in [0.05, 0.1) is 18.7 Å². The number of nitrogens with zero attached hydrogens (tertiary/aromatic N) is 1. The van der Waals surface area contributed by atoms with Crippen LogP contribution in [0.4, 0.5) is 5.69 Å². The molecule has 1 heterocycles. The van der Waals surface area contributed by atoms with Crippen LogP contribution in [0.2, 0.25) is 5.02 Å². The standard InChI is InChI=1S/C29H30ClNO3/c1-16-7-9-22(10-8-16)15-31-25-12-11-23(30)13-24(25)29(34,28(31)33)14-26(32)27-20(5)18(3)17(2)19(4)21(27)6/h7-13,34H,14-15H2,1-6H3/t29-/m0/s1. The number of anilines is 1. The first-order valence-electron chi connectivity index (χ1n) is 11.5. The van der Waals surface area contributed by atoms with E-state index in [0.717, 1.165) is 38.9 Å². The summed E-state index contributed by atoms with van der Waals surface area (Å²) < 4.78 is 0. The Kier molecular flexibility index (Phi) is 6.17. The molecule has 0 saturated heterocycles. The zero-order valence-electron chi connectivity index (χ0n) is 20.5. The molecule has 0 saturated carbocycles. The molecule has 1 atom stereocenters. The fraction of sp³-hybridized carbons (Fsp3) is 0.310. The molecule has 34 heavy (non-hydrogen) atoms. The minimum absolute atomic E-state index is 0.250. The molecule has 3 aromatic rings. The average molecular weight is 476 g/mol. The number of rotatable bonds is 5. The van der Waals surface area contributed by atoms with Gasteiger partial charge in [0.1, 0.15) is 0 Å². The van der Waals surface area contributed by atoms with Crippen molar-refractivity contribution in [2.24, 2.45) is 0 Å². The number of amides is 1. The number of hydrogen-bond acceptors (Lipinski definition) is 3. The summed E-state index contributed by atoms with van der Waals surface area (Å²) in [5, 5.41) is 12.2. The van der Waals surface area contributed by atoms with E-state index in [-0.39, 0.29) is 12.2 Å². The van der Waals surface area contributed by atoms with Crippen molar-refractivity contribution in [2.75, 3.05) is 4.90 Å². The van der Waals surface area contributed by atoms with E-state index < -0.39 is 11.5 Å². The Morgan fingerprint density at radius 2 is 1.44 bits per heavy atom. The molecule has 0 unspecified atom stereocenters. The summed E-state index contributed by atoms with van der Waals surface area (Å²) in [5.41, 5.74) is 6.67. The molecule has 0 spiro atoms. The van der Waals surface area contributed by atoms with Gasteiger partial charge in [0, 0.05) is 16.1 Å². The van der Waals surface area contributed by atoms with Crippen molar-refractivity contribution in [3.05, 3.63) is 97.6 Å². The molecule has 5 heteroatoms. The summed E-state index contributed by atoms with van der Waals surface area (Å²) in [4.78, 5) is 28.9. The van der Waals surface area contributed by atoms with Crippen molar-refractivity contribution in [3.8, 4) is 0 Å². The number of Topliss-reactive ketones (excluding diaryl/α,β-unsaturated/α-hetero) is 1. The molecule has 1 N–H and O–H groups in total. The predicted octanol–water partition coefficient (Wildman–Crippen LogP) is 6.20. The molecule has 0 fully saturated rings. The van der Waals surface area contributed by atoms with Crippen molar-refractivity contribution >= 4 is 29.0 Å². The van der Waals surface area contributed by atoms with E-state index in [2.05, 4.69) is 0 Å². The molecule has 0 bridgehead atoms. The van der Waals surface area contributed by atoms with E-state index in [1.165, 1.54) is 0 Å². The summed E-state index contributed by atoms with van der Waals surface area (Å²) in [6.07, 6.45) is -0.340. The lowest BCUT2D eigenvalue weighted by atomic mass is 9.82. The molecule has 0 radical (unpaired) electrons. The predicted molar refractivity (Wildman–Crippen MR) is 137 cm³/mol. The summed E-state index contributed by atoms with van der Waals surface area (Å²) in [6.45, 7) is 12.2. The Morgan fingerprint density at radius 1 is 0.882 bits per heavy atom. The lowest BCUT2D eigenvalue weighted by molar-refractivity contribution is -0.136. The van der Waals surface area contributed by atoms with Gasteiger partial charge in [0.15, 0.2) is 11.4 Å². The Bertz CT molecular complexity index is 1300. The van der Waals surface area contributed by atoms with E-state index in [9.17, 15) is 14.7 Å². The van der Waals surface area contributed by atoms with Crippen molar-refractivity contribution in [2.45, 2.75) is 60.1 Å². The van der Waals surface area contributed by atoms with Gasteiger partial charge in [0.25, 0.3) is 5.91 Å². The van der Waals surface area contributed by atoms with Crippen molar-refractivity contribution in [1.82, 2.24) is 0 Å². The maximum absolute atomic E-state index is 13.7. The number of carbonyl (C=O) groups excluding carboxylic acids is 2. The number of halogens is 1. The van der Waals surface area contributed by atoms with Crippen molar-refractivity contribution < 1.29 is 14.7 Å². The van der Waals surface area contributed by atoms with Gasteiger partial charge in [-0.15, -0.1) is 0 Å². The first kappa shape index (κ1) is 24.2. The molecule has 3 aromatic carbocycles. The summed E-state index contributed by atoms with van der Waals surface area (Å²) in [5.74, 6) is -0.755. The number of aryl methyl sites for hydroxylation is 1. The van der Waals surface area contributed by atoms with Crippen LogP contribution in [0.25, 0.3) is 0 Å². The Morgan fingerprint density at radius 3 is 2.03 bits per heavy atom. The summed E-state index contributed by atoms with van der Waals surface area (Å²) in [7, 11) is 0. The fourth-order valence-electron chi connectivity index (χ4n) is 4.97. The first-order valence-corrected chi connectivity index (χ1v) is 11.8. The molecule has 1 amide bonds. The monoisotopic (exact) mass is 475 g/mol. The third-order valence-electron chi connectivity index (χ3n) is 7.45. The SMILES string of the molecule is Cc1ccc(CN2C(=O)[C@](O)(CC(=O)c3c(C)c(C)c(C)c(C)c3C)c3cc(Cl)ccc32)cc1. The number of aliphatic hydroxyl groups is 1. The minimum atomic E-state index is -1.98. The topological polar surface area (TPSA) is 57.6 Å². The zero-order valence-corrected chi connectivity index (χ0v) is 21.3. The molecule has 4 nitrogen and oxygen atoms in total. The molecule has 4 rings (SSSR count). The van der Waals surface area contributed by atoms with Gasteiger partial charge in [-0.1, -0.05) is 41.4 Å². The highest BCUT2D eigenvalue weighted by Crippen LogP contribution is 2.45. The van der Waals surface area contributed by atoms with Gasteiger partial charge in [-0.2, -0.15) is 0 Å². The Hall–Kier alpha value is -2.95. The number of benzene rings is 3. The van der Waals surface area contributed by atoms with Gasteiger partial charge < -0.3 is 10.0 Å². The lowest BCUT2D eigenvalue weighted by Gasteiger charge is -2.24. The second kappa shape index (κ2) is 8.68. The molecule has 1 aliphatic heterocycles. The number of carbonyl (C=O) groups is 2. The molecule has 0 aliphatic carbocycles. The van der Waals surface area contributed by atoms with Crippen LogP contribution in [0.3, 0.4) is 0 Å². The second-order valence-electron chi connectivity index (χ2n) is 9.50. The average Bonchev–Trinajstić information content (AvgIpc) is 2.99. The quantitative estimate of drug-likeness (QED) is 0.447. The third-order valence-corrected chi connectivity index (χ3v) is 7.69. The molecular formula is C29H30ClNO3. The van der Waals surface area contributed by atoms with Crippen molar-refractivity contribution in [1.29, 1.82) is 0 Å². The highest BCUT2D eigenvalue weighted by Gasteiger charge is 2.51. The normalized spacial score (nSPS) is 17.3. The summed E-state index contributed by atoms with van der Waals surface area (Å²) >= 11 is 6.26. The van der Waals surface area contributed by atoms with Crippen LogP contribution in [0, 0.1) is 41.5 Å². The molecule has 0 aromatic heterocycles. The maximum Gasteiger partial charge on any atom is 0.264 e. The maximum atomic E-state index is 13.7. The zero-order chi connectivity index (χ0) is 24.9. The van der Waals surface area contributed by atoms with E-state index in [4.69, 9.17) is 11.6 Å². The minimum Gasteiger partial charge on any atom is -0.375 e. The van der Waals surface area contributed by atoms with Crippen LogP contribution in [0.15, 0.2) is 42.5 Å². The van der Waals surface area contributed by atoms with E-state index in [1.54, 1.807) is 23.1 Å². The van der Waals surface area contributed by atoms with Gasteiger partial charge in [-0.05, 0) is 93.1 Å². The highest BCUT2D eigenvalue weighted by atomic mass is 35.5. The number of fused-ring (bicyclic) bond motifs is 1. The second-order valence-corrected chi connectivity index (χ2v) is 9.94. The highest BCUT2D eigenvalue weighted by molar-refractivity contribution is 6.31. The fourth-order valence-corrected chi connectivity index (χ4v) is 5.14. The van der Waals surface area contributed by atoms with Crippen LogP contribution in [0.5, 0.6) is 0 Å². The van der Waals surface area contributed by atoms with E-state index in [0.29, 0.717) is 28.4 Å². The van der Waals surface area contributed by atoms with Crippen LogP contribution in [0.1, 0.15) is 61.3 Å². The van der Waals surface area contributed by atoms with Crippen LogP contribution in [-0.2, 0) is 16.9 Å². The molecule has 176 valence electrons. The van der Waals surface area contributed by atoms with Crippen molar-refractivity contribution in [3.63, 3.8) is 0 Å². The Balaban J connectivity index is 1.76.